The maximum Gasteiger partial charge on any atom is 0.306 e. The number of carbonyl (C=O) groups is 2. The van der Waals surface area contributed by atoms with Crippen LogP contribution >= 0.6 is 22.9 Å². The summed E-state index contributed by atoms with van der Waals surface area (Å²) in [5.41, 5.74) is 1.63. The third-order valence-corrected chi connectivity index (χ3v) is 6.04. The second kappa shape index (κ2) is 7.14. The second-order valence-corrected chi connectivity index (χ2v) is 7.84. The highest BCUT2D eigenvalue weighted by molar-refractivity contribution is 7.17. The fraction of sp³-hybridized carbons (Fsp3) is 0.389. The highest BCUT2D eigenvalue weighted by Gasteiger charge is 2.34. The number of piperidine rings is 1. The van der Waals surface area contributed by atoms with E-state index >= 15 is 0 Å². The predicted molar refractivity (Wildman–Crippen MR) is 98.1 cm³/mol. The summed E-state index contributed by atoms with van der Waals surface area (Å²) in [4.78, 5) is 31.0. The molecule has 1 saturated heterocycles. The summed E-state index contributed by atoms with van der Waals surface area (Å²) < 4.78 is 0. The van der Waals surface area contributed by atoms with Crippen LogP contribution in [-0.4, -0.2) is 40.0 Å². The Morgan fingerprint density at radius 1 is 1.32 bits per heavy atom. The van der Waals surface area contributed by atoms with Crippen LogP contribution in [0.5, 0.6) is 0 Å². The van der Waals surface area contributed by atoms with Crippen LogP contribution in [0.3, 0.4) is 0 Å². The van der Waals surface area contributed by atoms with Crippen molar-refractivity contribution < 1.29 is 14.7 Å². The van der Waals surface area contributed by atoms with E-state index in [1.807, 2.05) is 26.0 Å². The number of hydrogen-bond donors (Lipinski definition) is 1. The minimum absolute atomic E-state index is 0.0563. The van der Waals surface area contributed by atoms with Gasteiger partial charge < -0.3 is 10.0 Å². The Labute approximate surface area is 155 Å². The quantitative estimate of drug-likeness (QED) is 0.877. The van der Waals surface area contributed by atoms with Gasteiger partial charge in [-0.15, -0.1) is 11.3 Å². The van der Waals surface area contributed by atoms with Crippen LogP contribution in [0, 0.1) is 18.8 Å². The van der Waals surface area contributed by atoms with E-state index in [9.17, 15) is 14.7 Å². The van der Waals surface area contributed by atoms with E-state index in [0.717, 1.165) is 10.6 Å². The molecule has 0 spiro atoms. The number of rotatable bonds is 3. The predicted octanol–water partition coefficient (Wildman–Crippen LogP) is 3.95. The maximum atomic E-state index is 12.9. The van der Waals surface area contributed by atoms with Crippen molar-refractivity contribution in [1.82, 2.24) is 9.88 Å². The van der Waals surface area contributed by atoms with E-state index in [1.54, 1.807) is 17.0 Å². The number of nitrogens with zero attached hydrogens (tertiary/aromatic N) is 2. The summed E-state index contributed by atoms with van der Waals surface area (Å²) in [5, 5.41) is 10.7. The Kier molecular flexibility index (Phi) is 5.11. The molecular weight excluding hydrogens is 360 g/mol. The molecule has 1 aromatic carbocycles. The minimum Gasteiger partial charge on any atom is -0.481 e. The van der Waals surface area contributed by atoms with Gasteiger partial charge in [0.25, 0.3) is 5.91 Å². The van der Waals surface area contributed by atoms with Gasteiger partial charge in [-0.3, -0.25) is 9.59 Å². The molecule has 2 aromatic rings. The molecule has 3 rings (SSSR count). The number of aliphatic carboxylic acids is 1. The number of carboxylic acid groups (broad SMARTS) is 1. The highest BCUT2D eigenvalue weighted by Crippen LogP contribution is 2.31. The monoisotopic (exact) mass is 378 g/mol. The molecule has 25 heavy (non-hydrogen) atoms. The molecule has 1 N–H and O–H groups in total. The lowest BCUT2D eigenvalue weighted by Crippen LogP contribution is -2.44. The van der Waals surface area contributed by atoms with E-state index in [0.29, 0.717) is 35.1 Å². The Balaban J connectivity index is 1.79. The van der Waals surface area contributed by atoms with Crippen molar-refractivity contribution in [2.75, 3.05) is 13.1 Å². The number of carbonyl (C=O) groups excluding carboxylic acids is 1. The summed E-state index contributed by atoms with van der Waals surface area (Å²) in [5.74, 6) is -1.28. The topological polar surface area (TPSA) is 70.5 Å². The van der Waals surface area contributed by atoms with Crippen LogP contribution in [0.1, 0.15) is 28.7 Å². The van der Waals surface area contributed by atoms with Gasteiger partial charge in [0.1, 0.15) is 9.88 Å². The standard InChI is InChI=1S/C18H19ClN2O3S/c1-10-9-21(8-7-14(10)18(23)24)17(22)15-11(2)20-16(25-15)12-3-5-13(19)6-4-12/h3-6,10,14H,7-9H2,1-2H3,(H,23,24). The fourth-order valence-corrected chi connectivity index (χ4v) is 4.32. The van der Waals surface area contributed by atoms with Crippen molar-refractivity contribution >= 4 is 34.8 Å². The number of benzene rings is 1. The number of carboxylic acids is 1. The molecule has 5 nitrogen and oxygen atoms in total. The average molecular weight is 379 g/mol. The molecule has 7 heteroatoms. The lowest BCUT2D eigenvalue weighted by Gasteiger charge is -2.34. The van der Waals surface area contributed by atoms with Gasteiger partial charge in [0, 0.05) is 23.7 Å². The molecule has 0 bridgehead atoms. The number of halogens is 1. The van der Waals surface area contributed by atoms with Gasteiger partial charge in [-0.1, -0.05) is 30.7 Å². The largest absolute Gasteiger partial charge is 0.481 e. The molecule has 0 radical (unpaired) electrons. The third-order valence-electron chi connectivity index (χ3n) is 4.59. The van der Waals surface area contributed by atoms with Crippen LogP contribution < -0.4 is 0 Å². The van der Waals surface area contributed by atoms with E-state index < -0.39 is 5.97 Å². The summed E-state index contributed by atoms with van der Waals surface area (Å²) in [6.07, 6.45) is 0.490. The summed E-state index contributed by atoms with van der Waals surface area (Å²) >= 11 is 7.28. The van der Waals surface area contributed by atoms with E-state index in [1.165, 1.54) is 11.3 Å². The molecule has 132 valence electrons. The first-order valence-electron chi connectivity index (χ1n) is 8.12. The molecule has 0 aliphatic carbocycles. The van der Waals surface area contributed by atoms with Gasteiger partial charge >= 0.3 is 5.97 Å². The van der Waals surface area contributed by atoms with Crippen molar-refractivity contribution in [3.63, 3.8) is 0 Å². The number of thiazole rings is 1. The molecule has 1 aliphatic heterocycles. The van der Waals surface area contributed by atoms with Gasteiger partial charge in [-0.25, -0.2) is 4.98 Å². The Hall–Kier alpha value is -1.92. The number of aromatic nitrogens is 1. The first-order valence-corrected chi connectivity index (χ1v) is 9.31. The van der Waals surface area contributed by atoms with E-state index in [4.69, 9.17) is 11.6 Å². The molecule has 0 saturated carbocycles. The van der Waals surface area contributed by atoms with Crippen molar-refractivity contribution in [1.29, 1.82) is 0 Å². The van der Waals surface area contributed by atoms with Gasteiger partial charge in [0.15, 0.2) is 0 Å². The highest BCUT2D eigenvalue weighted by atomic mass is 35.5. The molecular formula is C18H19ClN2O3S. The van der Waals surface area contributed by atoms with Crippen molar-refractivity contribution in [3.05, 3.63) is 39.9 Å². The molecule has 2 unspecified atom stereocenters. The van der Waals surface area contributed by atoms with Crippen molar-refractivity contribution in [2.24, 2.45) is 11.8 Å². The molecule has 1 amide bonds. The number of amides is 1. The first kappa shape index (κ1) is 17.9. The van der Waals surface area contributed by atoms with E-state index in [2.05, 4.69) is 4.98 Å². The van der Waals surface area contributed by atoms with Crippen LogP contribution in [0.15, 0.2) is 24.3 Å². The normalized spacial score (nSPS) is 20.5. The van der Waals surface area contributed by atoms with Crippen LogP contribution in [0.2, 0.25) is 5.02 Å². The van der Waals surface area contributed by atoms with Crippen molar-refractivity contribution in [3.8, 4) is 10.6 Å². The molecule has 2 atom stereocenters. The molecule has 1 fully saturated rings. The molecule has 1 aromatic heterocycles. The number of hydrogen-bond acceptors (Lipinski definition) is 4. The lowest BCUT2D eigenvalue weighted by molar-refractivity contribution is -0.145. The van der Waals surface area contributed by atoms with Gasteiger partial charge in [0.05, 0.1) is 11.6 Å². The van der Waals surface area contributed by atoms with Crippen molar-refractivity contribution in [2.45, 2.75) is 20.3 Å². The minimum atomic E-state index is -0.779. The van der Waals surface area contributed by atoms with Gasteiger partial charge in [0.2, 0.25) is 0 Å². The summed E-state index contributed by atoms with van der Waals surface area (Å²) in [7, 11) is 0. The van der Waals surface area contributed by atoms with Gasteiger partial charge in [-0.05, 0) is 31.4 Å². The SMILES string of the molecule is Cc1nc(-c2ccc(Cl)cc2)sc1C(=O)N1CCC(C(=O)O)C(C)C1. The zero-order chi connectivity index (χ0) is 18.1. The Morgan fingerprint density at radius 3 is 2.60 bits per heavy atom. The zero-order valence-electron chi connectivity index (χ0n) is 14.0. The molecule has 1 aliphatic rings. The Bertz CT molecular complexity index is 803. The summed E-state index contributed by atoms with van der Waals surface area (Å²) in [6.45, 7) is 4.64. The zero-order valence-corrected chi connectivity index (χ0v) is 15.6. The average Bonchev–Trinajstić information content (AvgIpc) is 2.96. The van der Waals surface area contributed by atoms with Gasteiger partial charge in [-0.2, -0.15) is 0 Å². The number of aryl methyl sites for hydroxylation is 1. The summed E-state index contributed by atoms with van der Waals surface area (Å²) in [6, 6.07) is 7.37. The van der Waals surface area contributed by atoms with Crippen LogP contribution in [0.4, 0.5) is 0 Å². The second-order valence-electron chi connectivity index (χ2n) is 6.40. The fourth-order valence-electron chi connectivity index (χ4n) is 3.15. The maximum absolute atomic E-state index is 12.9. The molecule has 2 heterocycles. The smallest absolute Gasteiger partial charge is 0.306 e. The lowest BCUT2D eigenvalue weighted by atomic mass is 9.87. The third kappa shape index (κ3) is 3.70. The van der Waals surface area contributed by atoms with E-state index in [-0.39, 0.29) is 17.7 Å². The number of likely N-dealkylation sites (tertiary alicyclic amines) is 1. The first-order chi connectivity index (χ1) is 11.9. The Morgan fingerprint density at radius 2 is 2.00 bits per heavy atom. The van der Waals surface area contributed by atoms with Crippen LogP contribution in [0.25, 0.3) is 10.6 Å². The van der Waals surface area contributed by atoms with Crippen LogP contribution in [-0.2, 0) is 4.79 Å².